The monoisotopic (exact) mass is 357 g/mol. The van der Waals surface area contributed by atoms with Crippen LogP contribution in [-0.2, 0) is 9.59 Å². The summed E-state index contributed by atoms with van der Waals surface area (Å²) in [5.41, 5.74) is 0. The summed E-state index contributed by atoms with van der Waals surface area (Å²) < 4.78 is 4.92. The van der Waals surface area contributed by atoms with Gasteiger partial charge in [0.2, 0.25) is 17.7 Å². The van der Waals surface area contributed by atoms with Crippen molar-refractivity contribution in [3.63, 3.8) is 0 Å². The predicted octanol–water partition coefficient (Wildman–Crippen LogP) is 1.07. The van der Waals surface area contributed by atoms with E-state index in [1.165, 1.54) is 18.2 Å². The molecular formula is C17H19N5O4. The van der Waals surface area contributed by atoms with Crippen LogP contribution >= 0.6 is 0 Å². The largest absolute Gasteiger partial charge is 0.480 e. The van der Waals surface area contributed by atoms with E-state index in [1.54, 1.807) is 12.1 Å². The van der Waals surface area contributed by atoms with Gasteiger partial charge < -0.3 is 4.74 Å². The third-order valence-corrected chi connectivity index (χ3v) is 5.46. The van der Waals surface area contributed by atoms with Crippen molar-refractivity contribution in [2.45, 2.75) is 31.7 Å². The second-order valence-corrected chi connectivity index (χ2v) is 6.93. The second kappa shape index (κ2) is 6.47. The minimum absolute atomic E-state index is 0.119. The van der Waals surface area contributed by atoms with E-state index < -0.39 is 23.8 Å². The number of aliphatic imine (C=N–C) groups is 1. The molecule has 9 nitrogen and oxygen atoms in total. The van der Waals surface area contributed by atoms with Crippen LogP contribution in [0.5, 0.6) is 5.88 Å². The van der Waals surface area contributed by atoms with Gasteiger partial charge in [0.15, 0.2) is 11.7 Å². The molecule has 1 aliphatic heterocycles. The number of carbonyl (C=O) groups is 3. The molecule has 2 bridgehead atoms. The molecule has 26 heavy (non-hydrogen) atoms. The summed E-state index contributed by atoms with van der Waals surface area (Å²) in [7, 11) is 1.47. The molecule has 0 spiro atoms. The van der Waals surface area contributed by atoms with E-state index >= 15 is 0 Å². The minimum atomic E-state index is -1.14. The molecule has 3 fully saturated rings. The zero-order chi connectivity index (χ0) is 18.3. The van der Waals surface area contributed by atoms with Crippen LogP contribution in [0.4, 0.5) is 10.6 Å². The molecule has 4 amide bonds. The average Bonchev–Trinajstić information content (AvgIpc) is 3.25. The second-order valence-electron chi connectivity index (χ2n) is 6.93. The summed E-state index contributed by atoms with van der Waals surface area (Å²) in [6.07, 6.45) is 5.29. The maximum absolute atomic E-state index is 12.8. The molecule has 3 aliphatic rings. The van der Waals surface area contributed by atoms with E-state index in [4.69, 9.17) is 4.74 Å². The van der Waals surface area contributed by atoms with Crippen LogP contribution < -0.4 is 10.1 Å². The first kappa shape index (κ1) is 16.6. The molecule has 2 heterocycles. The van der Waals surface area contributed by atoms with Crippen molar-refractivity contribution in [3.05, 3.63) is 12.1 Å². The smallest absolute Gasteiger partial charge is 0.331 e. The van der Waals surface area contributed by atoms with Gasteiger partial charge in [0.1, 0.15) is 0 Å². The summed E-state index contributed by atoms with van der Waals surface area (Å²) in [4.78, 5) is 42.5. The number of hydrogen-bond acceptors (Lipinski definition) is 7. The number of fused-ring (bicyclic) bond motifs is 2. The van der Waals surface area contributed by atoms with Crippen molar-refractivity contribution in [2.24, 2.45) is 22.7 Å². The normalized spacial score (nSPS) is 31.0. The van der Waals surface area contributed by atoms with Gasteiger partial charge in [-0.1, -0.05) is 6.42 Å². The van der Waals surface area contributed by atoms with Gasteiger partial charge in [-0.3, -0.25) is 19.8 Å². The van der Waals surface area contributed by atoms with Gasteiger partial charge in [-0.05, 0) is 37.2 Å². The highest BCUT2D eigenvalue weighted by Gasteiger charge is 2.50. The Labute approximate surface area is 149 Å². The van der Waals surface area contributed by atoms with Crippen LogP contribution in [0.1, 0.15) is 25.7 Å². The SMILES string of the molecule is COc1ccc(N=C[C@@H]2C(=O)NC(=O)N([C@H]3C[C@H]4CC[C@H]3C4)C2=O)nn1. The third kappa shape index (κ3) is 2.83. The fourth-order valence-electron chi connectivity index (χ4n) is 4.22. The molecular weight excluding hydrogens is 338 g/mol. The maximum atomic E-state index is 12.8. The third-order valence-electron chi connectivity index (χ3n) is 5.46. The van der Waals surface area contributed by atoms with Crippen molar-refractivity contribution >= 4 is 29.9 Å². The molecule has 9 heteroatoms. The van der Waals surface area contributed by atoms with E-state index in [2.05, 4.69) is 20.5 Å². The Bertz CT molecular complexity index is 778. The van der Waals surface area contributed by atoms with E-state index in [9.17, 15) is 14.4 Å². The number of ether oxygens (including phenoxy) is 1. The maximum Gasteiger partial charge on any atom is 0.331 e. The molecule has 1 aromatic rings. The molecule has 2 saturated carbocycles. The topological polar surface area (TPSA) is 114 Å². The summed E-state index contributed by atoms with van der Waals surface area (Å²) in [5, 5.41) is 9.89. The first-order chi connectivity index (χ1) is 12.6. The summed E-state index contributed by atoms with van der Waals surface area (Å²) in [6, 6.07) is 2.40. The van der Waals surface area contributed by atoms with Gasteiger partial charge in [0.05, 0.1) is 7.11 Å². The Morgan fingerprint density at radius 3 is 2.69 bits per heavy atom. The van der Waals surface area contributed by atoms with Crippen molar-refractivity contribution < 1.29 is 19.1 Å². The van der Waals surface area contributed by atoms with Crippen molar-refractivity contribution in [3.8, 4) is 5.88 Å². The Morgan fingerprint density at radius 2 is 2.08 bits per heavy atom. The molecule has 136 valence electrons. The van der Waals surface area contributed by atoms with Crippen LogP contribution in [0.3, 0.4) is 0 Å². The zero-order valence-corrected chi connectivity index (χ0v) is 14.3. The van der Waals surface area contributed by atoms with Crippen molar-refractivity contribution in [2.75, 3.05) is 7.11 Å². The lowest BCUT2D eigenvalue weighted by atomic mass is 9.92. The number of hydrogen-bond donors (Lipinski definition) is 1. The molecule has 0 unspecified atom stereocenters. The number of imide groups is 2. The number of nitrogens with zero attached hydrogens (tertiary/aromatic N) is 4. The highest BCUT2D eigenvalue weighted by atomic mass is 16.5. The first-order valence-electron chi connectivity index (χ1n) is 8.66. The highest BCUT2D eigenvalue weighted by molar-refractivity contribution is 6.23. The van der Waals surface area contributed by atoms with Crippen LogP contribution in [0.25, 0.3) is 0 Å². The van der Waals surface area contributed by atoms with Crippen molar-refractivity contribution in [1.29, 1.82) is 0 Å². The molecule has 4 rings (SSSR count). The van der Waals surface area contributed by atoms with Crippen molar-refractivity contribution in [1.82, 2.24) is 20.4 Å². The summed E-state index contributed by atoms with van der Waals surface area (Å²) in [6.45, 7) is 0. The fourth-order valence-corrected chi connectivity index (χ4v) is 4.22. The van der Waals surface area contributed by atoms with Gasteiger partial charge in [0, 0.05) is 18.3 Å². The lowest BCUT2D eigenvalue weighted by molar-refractivity contribution is -0.141. The van der Waals surface area contributed by atoms with Gasteiger partial charge >= 0.3 is 6.03 Å². The number of rotatable bonds is 4. The van der Waals surface area contributed by atoms with Crippen LogP contribution in [0.2, 0.25) is 0 Å². The molecule has 0 radical (unpaired) electrons. The minimum Gasteiger partial charge on any atom is -0.480 e. The Balaban J connectivity index is 1.53. The quantitative estimate of drug-likeness (QED) is 0.637. The molecule has 1 aromatic heterocycles. The van der Waals surface area contributed by atoms with E-state index in [-0.39, 0.29) is 11.9 Å². The van der Waals surface area contributed by atoms with Gasteiger partial charge in [0.25, 0.3) is 0 Å². The summed E-state index contributed by atoms with van der Waals surface area (Å²) in [5.74, 6) is -0.821. The molecule has 4 atom stereocenters. The highest BCUT2D eigenvalue weighted by Crippen LogP contribution is 2.47. The lowest BCUT2D eigenvalue weighted by Gasteiger charge is -2.36. The first-order valence-corrected chi connectivity index (χ1v) is 8.66. The number of amides is 4. The predicted molar refractivity (Wildman–Crippen MR) is 89.8 cm³/mol. The molecule has 2 aliphatic carbocycles. The number of methoxy groups -OCH3 is 1. The number of aromatic nitrogens is 2. The van der Waals surface area contributed by atoms with Gasteiger partial charge in [-0.15, -0.1) is 10.2 Å². The Hall–Kier alpha value is -2.84. The standard InChI is InChI=1S/C17H19N5O4/c1-26-14-5-4-13(20-21-14)18-8-11-15(23)19-17(25)22(16(11)24)12-7-9-2-3-10(12)6-9/h4-5,8-12H,2-3,6-7H2,1H3,(H,19,23,25)/t9-,10-,11+,12-/m0/s1. The summed E-state index contributed by atoms with van der Waals surface area (Å²) >= 11 is 0. The van der Waals surface area contributed by atoms with Crippen LogP contribution in [-0.4, -0.2) is 52.3 Å². The Morgan fingerprint density at radius 1 is 1.23 bits per heavy atom. The zero-order valence-electron chi connectivity index (χ0n) is 14.3. The van der Waals surface area contributed by atoms with Crippen LogP contribution in [0, 0.1) is 17.8 Å². The Kier molecular flexibility index (Phi) is 4.14. The van der Waals surface area contributed by atoms with Gasteiger partial charge in [-0.25, -0.2) is 9.79 Å². The lowest BCUT2D eigenvalue weighted by Crippen LogP contribution is -2.62. The van der Waals surface area contributed by atoms with Gasteiger partial charge in [-0.2, -0.15) is 0 Å². The molecule has 1 N–H and O–H groups in total. The molecule has 1 saturated heterocycles. The van der Waals surface area contributed by atoms with Crippen LogP contribution in [0.15, 0.2) is 17.1 Å². The fraction of sp³-hybridized carbons (Fsp3) is 0.529. The average molecular weight is 357 g/mol. The molecule has 0 aromatic carbocycles. The van der Waals surface area contributed by atoms with E-state index in [0.29, 0.717) is 17.7 Å². The number of barbiturate groups is 1. The number of urea groups is 1. The van der Waals surface area contributed by atoms with E-state index in [1.807, 2.05) is 0 Å². The number of nitrogens with one attached hydrogen (secondary N) is 1. The number of carbonyl (C=O) groups excluding carboxylic acids is 3. The van der Waals surface area contributed by atoms with E-state index in [0.717, 1.165) is 25.7 Å².